The summed E-state index contributed by atoms with van der Waals surface area (Å²) >= 11 is 0. The van der Waals surface area contributed by atoms with Crippen LogP contribution in [0.15, 0.2) is 33.7 Å². The quantitative estimate of drug-likeness (QED) is 0.475. The van der Waals surface area contributed by atoms with Crippen molar-refractivity contribution in [3.05, 3.63) is 34.9 Å². The second-order valence-electron chi connectivity index (χ2n) is 1.05. The highest BCUT2D eigenvalue weighted by Gasteiger charge is 1.72. The zero-order valence-corrected chi connectivity index (χ0v) is 3.55. The Morgan fingerprint density at radius 1 is 1.86 bits per heavy atom. The van der Waals surface area contributed by atoms with E-state index in [-0.39, 0.29) is 6.04 Å². The molecule has 0 aliphatic heterocycles. The van der Waals surface area contributed by atoms with Gasteiger partial charge in [-0.3, -0.25) is 0 Å². The smallest absolute Gasteiger partial charge is 0.335 e. The van der Waals surface area contributed by atoms with Crippen molar-refractivity contribution in [3.8, 4) is 0 Å². The van der Waals surface area contributed by atoms with E-state index in [1.165, 1.54) is 12.1 Å². The van der Waals surface area contributed by atoms with Crippen LogP contribution in [0.5, 0.6) is 0 Å². The maximum Gasteiger partial charge on any atom is 0.335 e. The maximum absolute atomic E-state index is 10.2. The first-order valence-electron chi connectivity index (χ1n) is 2.34. The summed E-state index contributed by atoms with van der Waals surface area (Å²) in [7, 11) is 0. The molecule has 1 aromatic heterocycles. The van der Waals surface area contributed by atoms with Crippen LogP contribution in [0.25, 0.3) is 0 Å². The van der Waals surface area contributed by atoms with Gasteiger partial charge in [-0.2, -0.15) is 0 Å². The summed E-state index contributed by atoms with van der Waals surface area (Å²) in [5, 5.41) is 0. The molecule has 2 nitrogen and oxygen atoms in total. The van der Waals surface area contributed by atoms with Crippen molar-refractivity contribution in [2.75, 3.05) is 0 Å². The highest BCUT2D eigenvalue weighted by atomic mass is 16.4. The Labute approximate surface area is 41.8 Å². The normalized spacial score (nSPS) is 10.6. The number of rotatable bonds is 0. The Kier molecular flexibility index (Phi) is 0.689. The van der Waals surface area contributed by atoms with E-state index in [4.69, 9.17) is 1.37 Å². The molecule has 0 aliphatic carbocycles. The topological polar surface area (TPSA) is 30.2 Å². The lowest BCUT2D eigenvalue weighted by atomic mass is 10.5. The number of hydrogen-bond acceptors (Lipinski definition) is 2. The van der Waals surface area contributed by atoms with Crippen molar-refractivity contribution in [2.24, 2.45) is 0 Å². The molecule has 1 rings (SSSR count). The minimum absolute atomic E-state index is 0.213. The largest absolute Gasteiger partial charge is 0.431 e. The lowest BCUT2D eigenvalue weighted by Gasteiger charge is -1.72. The van der Waals surface area contributed by atoms with Gasteiger partial charge in [-0.1, -0.05) is 6.07 Å². The van der Waals surface area contributed by atoms with Crippen LogP contribution in [0.2, 0.25) is 0 Å². The van der Waals surface area contributed by atoms with Crippen LogP contribution in [0.3, 0.4) is 0 Å². The van der Waals surface area contributed by atoms with Crippen LogP contribution < -0.4 is 5.63 Å². The Morgan fingerprint density at radius 3 is 3.14 bits per heavy atom. The summed E-state index contributed by atoms with van der Waals surface area (Å²) in [6, 6.07) is 2.80. The first-order chi connectivity index (χ1) is 3.79. The second kappa shape index (κ2) is 1.60. The van der Waals surface area contributed by atoms with Crippen LogP contribution in [0.1, 0.15) is 1.37 Å². The molecule has 0 spiro atoms. The van der Waals surface area contributed by atoms with Gasteiger partial charge in [-0.15, -0.1) is 0 Å². The SMILES string of the molecule is [2H]c1ccc(=O)oc1. The van der Waals surface area contributed by atoms with Crippen molar-refractivity contribution in [2.45, 2.75) is 0 Å². The predicted molar refractivity (Wildman–Crippen MR) is 25.0 cm³/mol. The third kappa shape index (κ3) is 0.892. The molecule has 2 heteroatoms. The lowest BCUT2D eigenvalue weighted by Crippen LogP contribution is -1.90. The van der Waals surface area contributed by atoms with Gasteiger partial charge in [-0.05, 0) is 6.04 Å². The third-order valence-corrected chi connectivity index (χ3v) is 0.559. The van der Waals surface area contributed by atoms with E-state index in [9.17, 15) is 4.79 Å². The molecule has 7 heavy (non-hydrogen) atoms. The Hall–Kier alpha value is -1.05. The molecule has 0 bridgehead atoms. The molecule has 36 valence electrons. The van der Waals surface area contributed by atoms with Crippen molar-refractivity contribution in [1.82, 2.24) is 0 Å². The standard InChI is InChI=1S/C5H4O2/c6-5-3-1-2-4-7-5/h1-4H/i2D. The first kappa shape index (κ1) is 3.02. The molecule has 1 heterocycles. The van der Waals surface area contributed by atoms with Gasteiger partial charge in [0.2, 0.25) is 0 Å². The van der Waals surface area contributed by atoms with Gasteiger partial charge in [0.1, 0.15) is 0 Å². The Morgan fingerprint density at radius 2 is 2.71 bits per heavy atom. The summed E-state index contributed by atoms with van der Waals surface area (Å²) in [6.45, 7) is 0. The fraction of sp³-hybridized carbons (Fsp3) is 0. The fourth-order valence-electron chi connectivity index (χ4n) is 0.287. The monoisotopic (exact) mass is 97.0 g/mol. The molecule has 0 radical (unpaired) electrons. The average Bonchev–Trinajstić information content (AvgIpc) is 1.77. The molecule has 0 amide bonds. The summed E-state index contributed by atoms with van der Waals surface area (Å²) in [6.07, 6.45) is 1.10. The van der Waals surface area contributed by atoms with Gasteiger partial charge in [0.25, 0.3) is 0 Å². The van der Waals surface area contributed by atoms with Crippen molar-refractivity contribution in [1.29, 1.82) is 0 Å². The average molecular weight is 97.1 g/mol. The molecule has 0 saturated heterocycles. The highest BCUT2D eigenvalue weighted by Crippen LogP contribution is 1.72. The van der Waals surface area contributed by atoms with E-state index in [1.807, 2.05) is 0 Å². The zero-order chi connectivity index (χ0) is 5.98. The van der Waals surface area contributed by atoms with Crippen molar-refractivity contribution >= 4 is 0 Å². The molecule has 0 unspecified atom stereocenters. The van der Waals surface area contributed by atoms with E-state index >= 15 is 0 Å². The summed E-state index contributed by atoms with van der Waals surface area (Å²) < 4.78 is 11.2. The van der Waals surface area contributed by atoms with Crippen LogP contribution in [0, 0.1) is 0 Å². The van der Waals surface area contributed by atoms with Gasteiger partial charge < -0.3 is 4.42 Å². The maximum atomic E-state index is 10.2. The molecule has 0 atom stereocenters. The van der Waals surface area contributed by atoms with Crippen molar-refractivity contribution in [3.63, 3.8) is 0 Å². The van der Waals surface area contributed by atoms with Crippen LogP contribution in [-0.4, -0.2) is 0 Å². The highest BCUT2D eigenvalue weighted by molar-refractivity contribution is 4.85. The Bertz CT molecular complexity index is 208. The number of hydrogen-bond donors (Lipinski definition) is 0. The molecule has 0 saturated carbocycles. The van der Waals surface area contributed by atoms with Crippen molar-refractivity contribution < 1.29 is 5.79 Å². The summed E-state index contributed by atoms with van der Waals surface area (Å²) in [5.41, 5.74) is -0.416. The van der Waals surface area contributed by atoms with Crippen LogP contribution >= 0.6 is 0 Å². The lowest BCUT2D eigenvalue weighted by molar-refractivity contribution is 0.511. The van der Waals surface area contributed by atoms with E-state index in [0.717, 1.165) is 6.26 Å². The molecule has 1 aromatic rings. The van der Waals surface area contributed by atoms with E-state index in [0.29, 0.717) is 0 Å². The van der Waals surface area contributed by atoms with Gasteiger partial charge in [0.05, 0.1) is 7.63 Å². The molecule has 0 fully saturated rings. The van der Waals surface area contributed by atoms with Crippen LogP contribution in [0.4, 0.5) is 0 Å². The summed E-state index contributed by atoms with van der Waals surface area (Å²) in [4.78, 5) is 10.2. The fourth-order valence-corrected chi connectivity index (χ4v) is 0.287. The second-order valence-corrected chi connectivity index (χ2v) is 1.05. The molecular weight excluding hydrogens is 92.1 g/mol. The minimum atomic E-state index is -0.416. The van der Waals surface area contributed by atoms with Gasteiger partial charge in [-0.25, -0.2) is 4.79 Å². The van der Waals surface area contributed by atoms with Gasteiger partial charge >= 0.3 is 5.63 Å². The third-order valence-electron chi connectivity index (χ3n) is 0.559. The van der Waals surface area contributed by atoms with E-state index in [1.54, 1.807) is 0 Å². The molecular formula is C5H4O2. The first-order valence-corrected chi connectivity index (χ1v) is 1.84. The van der Waals surface area contributed by atoms with Gasteiger partial charge in [0.15, 0.2) is 0 Å². The molecule has 0 N–H and O–H groups in total. The minimum Gasteiger partial charge on any atom is -0.431 e. The van der Waals surface area contributed by atoms with E-state index < -0.39 is 5.63 Å². The summed E-state index contributed by atoms with van der Waals surface area (Å²) in [5.74, 6) is 0. The molecule has 0 aliphatic rings. The van der Waals surface area contributed by atoms with Crippen LogP contribution in [-0.2, 0) is 0 Å². The molecule has 0 aromatic carbocycles. The predicted octanol–water partition coefficient (Wildman–Crippen LogP) is 0.640. The van der Waals surface area contributed by atoms with E-state index in [2.05, 4.69) is 4.42 Å². The zero-order valence-electron chi connectivity index (χ0n) is 4.55. The van der Waals surface area contributed by atoms with Gasteiger partial charge in [0, 0.05) is 6.07 Å². The Balaban J connectivity index is 3.22.